The van der Waals surface area contributed by atoms with Gasteiger partial charge in [-0.15, -0.1) is 0 Å². The maximum Gasteiger partial charge on any atom is 0.241 e. The van der Waals surface area contributed by atoms with Gasteiger partial charge in [0.25, 0.3) is 0 Å². The molecule has 0 aliphatic carbocycles. The summed E-state index contributed by atoms with van der Waals surface area (Å²) < 4.78 is 27.4. The smallest absolute Gasteiger partial charge is 0.241 e. The highest BCUT2D eigenvalue weighted by atomic mass is 32.2. The van der Waals surface area contributed by atoms with E-state index in [0.717, 1.165) is 5.56 Å². The van der Waals surface area contributed by atoms with Gasteiger partial charge in [0.2, 0.25) is 10.0 Å². The lowest BCUT2D eigenvalue weighted by Gasteiger charge is -2.11. The molecule has 0 saturated carbocycles. The number of nitrogens with zero attached hydrogens (tertiary/aromatic N) is 1. The third-order valence-electron chi connectivity index (χ3n) is 3.31. The Bertz CT molecular complexity index is 727. The van der Waals surface area contributed by atoms with E-state index in [-0.39, 0.29) is 4.90 Å². The van der Waals surface area contributed by atoms with Crippen LogP contribution < -0.4 is 4.72 Å². The van der Waals surface area contributed by atoms with Crippen LogP contribution in [-0.2, 0) is 10.0 Å². The number of hydrogen-bond acceptors (Lipinski definition) is 4. The van der Waals surface area contributed by atoms with Crippen LogP contribution in [0.1, 0.15) is 25.3 Å². The minimum absolute atomic E-state index is 0.244. The zero-order valence-corrected chi connectivity index (χ0v) is 13.0. The molecular formula is C15H20N2O3S. The van der Waals surface area contributed by atoms with Gasteiger partial charge in [0, 0.05) is 18.1 Å². The molecule has 114 valence electrons. The lowest BCUT2D eigenvalue weighted by molar-refractivity contribution is 0.182. The summed E-state index contributed by atoms with van der Waals surface area (Å²) >= 11 is 0. The van der Waals surface area contributed by atoms with Crippen molar-refractivity contribution in [1.82, 2.24) is 9.71 Å². The van der Waals surface area contributed by atoms with Gasteiger partial charge in [-0.3, -0.25) is 4.98 Å². The molecule has 0 bridgehead atoms. The molecule has 6 heteroatoms. The fourth-order valence-corrected chi connectivity index (χ4v) is 3.47. The van der Waals surface area contributed by atoms with Crippen LogP contribution in [0.5, 0.6) is 0 Å². The minimum atomic E-state index is -3.57. The Labute approximate surface area is 125 Å². The van der Waals surface area contributed by atoms with E-state index in [1.165, 1.54) is 0 Å². The zero-order chi connectivity index (χ0) is 15.5. The second kappa shape index (κ2) is 6.51. The Morgan fingerprint density at radius 2 is 2.10 bits per heavy atom. The molecule has 0 saturated heterocycles. The van der Waals surface area contributed by atoms with E-state index in [4.69, 9.17) is 0 Å². The molecular weight excluding hydrogens is 288 g/mol. The highest BCUT2D eigenvalue weighted by molar-refractivity contribution is 7.89. The van der Waals surface area contributed by atoms with Crippen molar-refractivity contribution in [1.29, 1.82) is 0 Å². The van der Waals surface area contributed by atoms with Gasteiger partial charge in [0.1, 0.15) is 0 Å². The molecule has 0 fully saturated rings. The number of fused-ring (bicyclic) bond motifs is 1. The Morgan fingerprint density at radius 1 is 1.33 bits per heavy atom. The van der Waals surface area contributed by atoms with Gasteiger partial charge in [-0.25, -0.2) is 13.1 Å². The first-order valence-electron chi connectivity index (χ1n) is 6.94. The standard InChI is InChI=1S/C15H20N2O3S/c1-11-7-8-14(13-6-4-9-16-15(11)13)21(19,20)17-10-3-5-12(2)18/h4,6-9,12,17-18H,3,5,10H2,1-2H3. The quantitative estimate of drug-likeness (QED) is 0.800. The van der Waals surface area contributed by atoms with Crippen LogP contribution >= 0.6 is 0 Å². The van der Waals surface area contributed by atoms with Crippen LogP contribution in [0.3, 0.4) is 0 Å². The Kier molecular flexibility index (Phi) is 4.92. The molecule has 1 heterocycles. The predicted molar refractivity (Wildman–Crippen MR) is 82.6 cm³/mol. The number of aliphatic hydroxyl groups is 1. The number of aryl methyl sites for hydroxylation is 1. The van der Waals surface area contributed by atoms with Crippen molar-refractivity contribution in [3.05, 3.63) is 36.0 Å². The molecule has 1 aromatic heterocycles. The summed E-state index contributed by atoms with van der Waals surface area (Å²) in [5.74, 6) is 0. The SMILES string of the molecule is Cc1ccc(S(=O)(=O)NCCCC(C)O)c2cccnc12. The molecule has 0 amide bonds. The number of nitrogens with one attached hydrogen (secondary N) is 1. The normalized spacial score (nSPS) is 13.5. The lowest BCUT2D eigenvalue weighted by Crippen LogP contribution is -2.25. The first-order valence-corrected chi connectivity index (χ1v) is 8.42. The summed E-state index contributed by atoms with van der Waals surface area (Å²) in [5, 5.41) is 9.81. The van der Waals surface area contributed by atoms with Crippen molar-refractivity contribution in [2.45, 2.75) is 37.7 Å². The van der Waals surface area contributed by atoms with Gasteiger partial charge >= 0.3 is 0 Å². The fraction of sp³-hybridized carbons (Fsp3) is 0.400. The van der Waals surface area contributed by atoms with E-state index in [1.807, 2.05) is 6.92 Å². The average molecular weight is 308 g/mol. The molecule has 2 N–H and O–H groups in total. The highest BCUT2D eigenvalue weighted by Crippen LogP contribution is 2.23. The number of benzene rings is 1. The van der Waals surface area contributed by atoms with E-state index >= 15 is 0 Å². The molecule has 1 atom stereocenters. The molecule has 5 nitrogen and oxygen atoms in total. The van der Waals surface area contributed by atoms with E-state index in [2.05, 4.69) is 9.71 Å². The largest absolute Gasteiger partial charge is 0.393 e. The lowest BCUT2D eigenvalue weighted by atomic mass is 10.1. The third-order valence-corrected chi connectivity index (χ3v) is 4.83. The van der Waals surface area contributed by atoms with Gasteiger partial charge in [-0.2, -0.15) is 0 Å². The monoisotopic (exact) mass is 308 g/mol. The van der Waals surface area contributed by atoms with Crippen LogP contribution in [0.25, 0.3) is 10.9 Å². The second-order valence-electron chi connectivity index (χ2n) is 5.17. The van der Waals surface area contributed by atoms with Gasteiger partial charge < -0.3 is 5.11 Å². The number of aromatic nitrogens is 1. The molecule has 0 aliphatic heterocycles. The molecule has 0 radical (unpaired) electrons. The Balaban J connectivity index is 2.26. The number of rotatable bonds is 6. The van der Waals surface area contributed by atoms with Gasteiger partial charge in [0.15, 0.2) is 0 Å². The number of hydrogen-bond donors (Lipinski definition) is 2. The van der Waals surface area contributed by atoms with Crippen molar-refractivity contribution in [2.75, 3.05) is 6.54 Å². The summed E-state index contributed by atoms with van der Waals surface area (Å²) in [6.07, 6.45) is 2.40. The van der Waals surface area contributed by atoms with Crippen LogP contribution in [0.15, 0.2) is 35.4 Å². The molecule has 2 rings (SSSR count). The average Bonchev–Trinajstić information content (AvgIpc) is 2.44. The third kappa shape index (κ3) is 3.78. The van der Waals surface area contributed by atoms with Crippen LogP contribution in [0, 0.1) is 6.92 Å². The van der Waals surface area contributed by atoms with Gasteiger partial charge in [0.05, 0.1) is 16.5 Å². The number of aliphatic hydroxyl groups excluding tert-OH is 1. The number of pyridine rings is 1. The van der Waals surface area contributed by atoms with E-state index in [0.29, 0.717) is 30.3 Å². The van der Waals surface area contributed by atoms with E-state index in [9.17, 15) is 13.5 Å². The van der Waals surface area contributed by atoms with Gasteiger partial charge in [-0.1, -0.05) is 6.07 Å². The van der Waals surface area contributed by atoms with Crippen molar-refractivity contribution < 1.29 is 13.5 Å². The van der Waals surface area contributed by atoms with Crippen molar-refractivity contribution in [2.24, 2.45) is 0 Å². The van der Waals surface area contributed by atoms with Gasteiger partial charge in [-0.05, 0) is 50.5 Å². The summed E-state index contributed by atoms with van der Waals surface area (Å²) in [4.78, 5) is 4.49. The molecule has 21 heavy (non-hydrogen) atoms. The Morgan fingerprint density at radius 3 is 2.81 bits per heavy atom. The Hall–Kier alpha value is -1.50. The summed E-state index contributed by atoms with van der Waals surface area (Å²) in [7, 11) is -3.57. The van der Waals surface area contributed by atoms with E-state index < -0.39 is 16.1 Å². The molecule has 1 unspecified atom stereocenters. The zero-order valence-electron chi connectivity index (χ0n) is 12.2. The molecule has 0 aliphatic rings. The highest BCUT2D eigenvalue weighted by Gasteiger charge is 2.17. The second-order valence-corrected chi connectivity index (χ2v) is 6.90. The minimum Gasteiger partial charge on any atom is -0.393 e. The van der Waals surface area contributed by atoms with E-state index in [1.54, 1.807) is 37.4 Å². The number of sulfonamides is 1. The molecule has 2 aromatic rings. The first kappa shape index (κ1) is 15.9. The van der Waals surface area contributed by atoms with Crippen LogP contribution in [-0.4, -0.2) is 31.2 Å². The fourth-order valence-electron chi connectivity index (χ4n) is 2.20. The van der Waals surface area contributed by atoms with Crippen LogP contribution in [0.4, 0.5) is 0 Å². The molecule has 1 aromatic carbocycles. The van der Waals surface area contributed by atoms with Crippen molar-refractivity contribution in [3.63, 3.8) is 0 Å². The topological polar surface area (TPSA) is 79.3 Å². The van der Waals surface area contributed by atoms with Crippen molar-refractivity contribution in [3.8, 4) is 0 Å². The van der Waals surface area contributed by atoms with Crippen LogP contribution in [0.2, 0.25) is 0 Å². The maximum absolute atomic E-state index is 12.4. The maximum atomic E-state index is 12.4. The summed E-state index contributed by atoms with van der Waals surface area (Å²) in [6.45, 7) is 3.90. The summed E-state index contributed by atoms with van der Waals surface area (Å²) in [6, 6.07) is 6.87. The predicted octanol–water partition coefficient (Wildman–Crippen LogP) is 1.98. The summed E-state index contributed by atoms with van der Waals surface area (Å²) in [5.41, 5.74) is 1.64. The van der Waals surface area contributed by atoms with Crippen molar-refractivity contribution >= 4 is 20.9 Å². The first-order chi connectivity index (χ1) is 9.92. The molecule has 0 spiro atoms.